The number of nitrogens with two attached hydrogens (primary N) is 1. The van der Waals surface area contributed by atoms with Crippen LogP contribution in [0.25, 0.3) is 0 Å². The normalized spacial score (nSPS) is 28.1. The van der Waals surface area contributed by atoms with Crippen LogP contribution >= 0.6 is 0 Å². The summed E-state index contributed by atoms with van der Waals surface area (Å²) in [6.45, 7) is 5.10. The van der Waals surface area contributed by atoms with Crippen LogP contribution < -0.4 is 5.73 Å². The van der Waals surface area contributed by atoms with E-state index in [2.05, 4.69) is 0 Å². The second-order valence-electron chi connectivity index (χ2n) is 6.31. The molecule has 20 heavy (non-hydrogen) atoms. The Kier molecular flexibility index (Phi) is 4.41. The van der Waals surface area contributed by atoms with E-state index in [4.69, 9.17) is 10.5 Å². The molecule has 2 aliphatic rings. The zero-order chi connectivity index (χ0) is 15.0. The predicted octanol–water partition coefficient (Wildman–Crippen LogP) is -0.224. The van der Waals surface area contributed by atoms with Gasteiger partial charge in [0.1, 0.15) is 0 Å². The average molecular weight is 304 g/mol. The fourth-order valence-electron chi connectivity index (χ4n) is 2.82. The molecule has 0 aliphatic carbocycles. The van der Waals surface area contributed by atoms with Crippen molar-refractivity contribution in [1.29, 1.82) is 0 Å². The third-order valence-electron chi connectivity index (χ3n) is 4.41. The van der Waals surface area contributed by atoms with Crippen molar-refractivity contribution in [3.8, 4) is 0 Å². The fraction of sp³-hybridized carbons (Fsp3) is 0.923. The molecule has 1 atom stereocenters. The molecule has 7 heteroatoms. The molecule has 0 aromatic heterocycles. The van der Waals surface area contributed by atoms with Gasteiger partial charge < -0.3 is 15.4 Å². The van der Waals surface area contributed by atoms with Gasteiger partial charge in [0.15, 0.2) is 9.84 Å². The van der Waals surface area contributed by atoms with Gasteiger partial charge in [-0.3, -0.25) is 4.79 Å². The van der Waals surface area contributed by atoms with Gasteiger partial charge in [-0.05, 0) is 32.6 Å². The third-order valence-corrected chi connectivity index (χ3v) is 6.95. The number of ether oxygens (including phenoxy) is 1. The Labute approximate surface area is 120 Å². The summed E-state index contributed by atoms with van der Waals surface area (Å²) in [7, 11) is -3.13. The second kappa shape index (κ2) is 5.61. The van der Waals surface area contributed by atoms with Crippen LogP contribution in [0.3, 0.4) is 0 Å². The van der Waals surface area contributed by atoms with E-state index in [0.717, 1.165) is 12.8 Å². The second-order valence-corrected chi connectivity index (χ2v) is 9.06. The number of amides is 1. The van der Waals surface area contributed by atoms with E-state index in [1.807, 2.05) is 0 Å². The van der Waals surface area contributed by atoms with Gasteiger partial charge in [0, 0.05) is 26.3 Å². The Hall–Kier alpha value is -0.660. The monoisotopic (exact) mass is 304 g/mol. The highest BCUT2D eigenvalue weighted by molar-refractivity contribution is 7.92. The third kappa shape index (κ3) is 2.99. The maximum absolute atomic E-state index is 12.5. The molecule has 2 aliphatic heterocycles. The zero-order valence-electron chi connectivity index (χ0n) is 12.2. The van der Waals surface area contributed by atoms with E-state index in [0.29, 0.717) is 13.2 Å². The zero-order valence-corrected chi connectivity index (χ0v) is 13.0. The SMILES string of the molecule is CC1(C)CN(C(=O)C(N)C2CCOCC2)CCS1(=O)=O. The molecule has 0 bridgehead atoms. The van der Waals surface area contributed by atoms with Gasteiger partial charge >= 0.3 is 0 Å². The van der Waals surface area contributed by atoms with Crippen molar-refractivity contribution in [2.24, 2.45) is 11.7 Å². The number of sulfone groups is 1. The lowest BCUT2D eigenvalue weighted by Gasteiger charge is -2.39. The largest absolute Gasteiger partial charge is 0.381 e. The number of carbonyl (C=O) groups is 1. The topological polar surface area (TPSA) is 89.7 Å². The summed E-state index contributed by atoms with van der Waals surface area (Å²) in [5.41, 5.74) is 6.08. The number of nitrogens with zero attached hydrogens (tertiary/aromatic N) is 1. The van der Waals surface area contributed by atoms with Crippen LogP contribution in [0.15, 0.2) is 0 Å². The summed E-state index contributed by atoms with van der Waals surface area (Å²) >= 11 is 0. The van der Waals surface area contributed by atoms with Crippen LogP contribution in [-0.2, 0) is 19.4 Å². The summed E-state index contributed by atoms with van der Waals surface area (Å²) in [5, 5.41) is 0. The molecule has 0 saturated carbocycles. The Morgan fingerprint density at radius 3 is 2.50 bits per heavy atom. The van der Waals surface area contributed by atoms with Crippen LogP contribution in [-0.4, -0.2) is 62.1 Å². The van der Waals surface area contributed by atoms with Gasteiger partial charge in [-0.1, -0.05) is 0 Å². The van der Waals surface area contributed by atoms with E-state index in [9.17, 15) is 13.2 Å². The molecule has 0 aromatic rings. The molecule has 1 unspecified atom stereocenters. The first kappa shape index (κ1) is 15.7. The first-order valence-electron chi connectivity index (χ1n) is 7.09. The summed E-state index contributed by atoms with van der Waals surface area (Å²) in [6, 6.07) is -0.546. The molecular weight excluding hydrogens is 280 g/mol. The molecule has 2 heterocycles. The van der Waals surface area contributed by atoms with E-state index in [-0.39, 0.29) is 30.7 Å². The summed E-state index contributed by atoms with van der Waals surface area (Å²) in [5.74, 6) is 0.0319. The Bertz CT molecular complexity index is 469. The van der Waals surface area contributed by atoms with Crippen molar-refractivity contribution in [2.75, 3.05) is 32.1 Å². The van der Waals surface area contributed by atoms with Crippen LogP contribution in [0.2, 0.25) is 0 Å². The van der Waals surface area contributed by atoms with Crippen molar-refractivity contribution in [3.05, 3.63) is 0 Å². The smallest absolute Gasteiger partial charge is 0.239 e. The van der Waals surface area contributed by atoms with Crippen molar-refractivity contribution < 1.29 is 17.9 Å². The minimum Gasteiger partial charge on any atom is -0.381 e. The Morgan fingerprint density at radius 1 is 1.35 bits per heavy atom. The Balaban J connectivity index is 2.03. The molecule has 2 N–H and O–H groups in total. The summed E-state index contributed by atoms with van der Waals surface area (Å²) in [6.07, 6.45) is 1.59. The lowest BCUT2D eigenvalue weighted by atomic mass is 9.91. The van der Waals surface area contributed by atoms with Gasteiger partial charge in [0.25, 0.3) is 0 Å². The van der Waals surface area contributed by atoms with Crippen molar-refractivity contribution >= 4 is 15.7 Å². The molecule has 2 rings (SSSR count). The van der Waals surface area contributed by atoms with Gasteiger partial charge in [-0.25, -0.2) is 8.42 Å². The van der Waals surface area contributed by atoms with E-state index in [1.165, 1.54) is 0 Å². The molecule has 0 aromatic carbocycles. The van der Waals surface area contributed by atoms with Crippen LogP contribution in [0.5, 0.6) is 0 Å². The standard InChI is InChI=1S/C13H24N2O4S/c1-13(2)9-15(5-8-20(13,17)18)12(16)11(14)10-3-6-19-7-4-10/h10-11H,3-9,14H2,1-2H3. The molecule has 1 amide bonds. The molecule has 6 nitrogen and oxygen atoms in total. The van der Waals surface area contributed by atoms with E-state index < -0.39 is 20.6 Å². The highest BCUT2D eigenvalue weighted by atomic mass is 32.2. The van der Waals surface area contributed by atoms with Gasteiger partial charge in [-0.2, -0.15) is 0 Å². The van der Waals surface area contributed by atoms with Gasteiger partial charge in [0.2, 0.25) is 5.91 Å². The van der Waals surface area contributed by atoms with Crippen molar-refractivity contribution in [2.45, 2.75) is 37.5 Å². The minimum atomic E-state index is -3.13. The maximum atomic E-state index is 12.5. The number of rotatable bonds is 2. The van der Waals surface area contributed by atoms with E-state index in [1.54, 1.807) is 18.7 Å². The van der Waals surface area contributed by atoms with Crippen LogP contribution in [0.1, 0.15) is 26.7 Å². The predicted molar refractivity (Wildman–Crippen MR) is 76.0 cm³/mol. The van der Waals surface area contributed by atoms with Crippen molar-refractivity contribution in [3.63, 3.8) is 0 Å². The Morgan fingerprint density at radius 2 is 1.95 bits per heavy atom. The molecule has 2 fully saturated rings. The fourth-order valence-corrected chi connectivity index (χ4v) is 4.19. The number of hydrogen-bond donors (Lipinski definition) is 1. The van der Waals surface area contributed by atoms with Crippen LogP contribution in [0, 0.1) is 5.92 Å². The van der Waals surface area contributed by atoms with E-state index >= 15 is 0 Å². The minimum absolute atomic E-state index is 0.0201. The van der Waals surface area contributed by atoms with Crippen molar-refractivity contribution in [1.82, 2.24) is 4.90 Å². The summed E-state index contributed by atoms with van der Waals surface area (Å²) < 4.78 is 28.3. The first-order valence-corrected chi connectivity index (χ1v) is 8.74. The highest BCUT2D eigenvalue weighted by Crippen LogP contribution is 2.26. The number of hydrogen-bond acceptors (Lipinski definition) is 5. The molecule has 0 radical (unpaired) electrons. The number of carbonyl (C=O) groups excluding carboxylic acids is 1. The maximum Gasteiger partial charge on any atom is 0.239 e. The first-order chi connectivity index (χ1) is 9.24. The van der Waals surface area contributed by atoms with Gasteiger partial charge in [-0.15, -0.1) is 0 Å². The molecular formula is C13H24N2O4S. The molecule has 2 saturated heterocycles. The lowest BCUT2D eigenvalue weighted by Crippen LogP contribution is -2.59. The highest BCUT2D eigenvalue weighted by Gasteiger charge is 2.43. The van der Waals surface area contributed by atoms with Gasteiger partial charge in [0.05, 0.1) is 16.5 Å². The quantitative estimate of drug-likeness (QED) is 0.761. The molecule has 116 valence electrons. The molecule has 0 spiro atoms. The average Bonchev–Trinajstić information content (AvgIpc) is 2.41. The van der Waals surface area contributed by atoms with Crippen LogP contribution in [0.4, 0.5) is 0 Å². The summed E-state index contributed by atoms with van der Waals surface area (Å²) in [4.78, 5) is 14.1. The lowest BCUT2D eigenvalue weighted by molar-refractivity contribution is -0.135.